The molecule has 166 valence electrons. The molecule has 0 radical (unpaired) electrons. The predicted molar refractivity (Wildman–Crippen MR) is 114 cm³/mol. The Labute approximate surface area is 182 Å². The number of rotatable bonds is 6. The zero-order valence-electron chi connectivity index (χ0n) is 17.4. The third-order valence-corrected chi connectivity index (χ3v) is 7.85. The summed E-state index contributed by atoms with van der Waals surface area (Å²) in [5.74, 6) is 0.202. The first-order valence-corrected chi connectivity index (χ1v) is 11.8. The van der Waals surface area contributed by atoms with E-state index in [-0.39, 0.29) is 22.8 Å². The average Bonchev–Trinajstić information content (AvgIpc) is 3.15. The minimum absolute atomic E-state index is 0.0162. The van der Waals surface area contributed by atoms with Crippen LogP contribution in [-0.2, 0) is 16.6 Å². The number of urea groups is 1. The van der Waals surface area contributed by atoms with Crippen LogP contribution in [0.1, 0.15) is 18.4 Å². The van der Waals surface area contributed by atoms with Crippen LogP contribution in [-0.4, -0.2) is 67.9 Å². The molecule has 31 heavy (non-hydrogen) atoms. The molecule has 0 unspecified atom stereocenters. The van der Waals surface area contributed by atoms with Gasteiger partial charge in [0.2, 0.25) is 10.0 Å². The summed E-state index contributed by atoms with van der Waals surface area (Å²) in [5, 5.41) is 0. The van der Waals surface area contributed by atoms with E-state index in [1.807, 2.05) is 4.90 Å². The lowest BCUT2D eigenvalue weighted by Gasteiger charge is -2.35. The number of carbonyl (C=O) groups excluding carboxylic acids is 1. The van der Waals surface area contributed by atoms with Crippen molar-refractivity contribution < 1.29 is 22.3 Å². The topological polar surface area (TPSA) is 70.2 Å². The summed E-state index contributed by atoms with van der Waals surface area (Å²) in [7, 11) is -2.10. The fraction of sp³-hybridized carbons (Fsp3) is 0.409. The number of piperidine rings is 1. The molecule has 2 aliphatic rings. The minimum atomic E-state index is -3.60. The van der Waals surface area contributed by atoms with Crippen LogP contribution in [0.2, 0.25) is 0 Å². The van der Waals surface area contributed by atoms with Crippen molar-refractivity contribution in [1.29, 1.82) is 0 Å². The van der Waals surface area contributed by atoms with Crippen molar-refractivity contribution in [2.45, 2.75) is 30.3 Å². The Balaban J connectivity index is 1.36. The molecule has 0 bridgehead atoms. The Morgan fingerprint density at radius 1 is 1.03 bits per heavy atom. The number of halogens is 1. The van der Waals surface area contributed by atoms with E-state index in [9.17, 15) is 17.6 Å². The first-order valence-electron chi connectivity index (χ1n) is 10.3. The Morgan fingerprint density at radius 2 is 1.74 bits per heavy atom. The average molecular weight is 448 g/mol. The van der Waals surface area contributed by atoms with Gasteiger partial charge in [-0.1, -0.05) is 18.2 Å². The molecule has 0 spiro atoms. The second-order valence-electron chi connectivity index (χ2n) is 7.84. The number of nitrogens with zero attached hydrogens (tertiary/aromatic N) is 3. The fourth-order valence-electron chi connectivity index (χ4n) is 4.20. The van der Waals surface area contributed by atoms with Gasteiger partial charge >= 0.3 is 6.03 Å². The second-order valence-corrected chi connectivity index (χ2v) is 9.78. The monoisotopic (exact) mass is 447 g/mol. The first-order chi connectivity index (χ1) is 14.9. The summed E-state index contributed by atoms with van der Waals surface area (Å²) >= 11 is 0. The standard InChI is InChI=1S/C22H26FN3O4S/c1-30-20-3-2-4-21(15-20)31(28,29)25-11-9-19(10-12-25)26-14-13-24(22(26)27)16-17-5-7-18(23)8-6-17/h2-8,15,19H,9-14,16H2,1H3. The molecule has 2 saturated heterocycles. The number of benzene rings is 2. The normalized spacial score (nSPS) is 18.6. The Bertz CT molecular complexity index is 1040. The summed E-state index contributed by atoms with van der Waals surface area (Å²) in [5.41, 5.74) is 0.885. The maximum Gasteiger partial charge on any atom is 0.320 e. The number of sulfonamides is 1. The molecule has 0 saturated carbocycles. The van der Waals surface area contributed by atoms with Crippen molar-refractivity contribution in [2.75, 3.05) is 33.3 Å². The summed E-state index contributed by atoms with van der Waals surface area (Å²) in [6.07, 6.45) is 1.19. The number of methoxy groups -OCH3 is 1. The number of ether oxygens (including phenoxy) is 1. The number of hydrogen-bond acceptors (Lipinski definition) is 4. The van der Waals surface area contributed by atoms with Crippen LogP contribution in [0.25, 0.3) is 0 Å². The highest BCUT2D eigenvalue weighted by molar-refractivity contribution is 7.89. The zero-order valence-corrected chi connectivity index (χ0v) is 18.2. The molecule has 2 aliphatic heterocycles. The van der Waals surface area contributed by atoms with Crippen LogP contribution < -0.4 is 4.74 Å². The van der Waals surface area contributed by atoms with E-state index >= 15 is 0 Å². The Hall–Kier alpha value is -2.65. The van der Waals surface area contributed by atoms with Crippen LogP contribution in [0.3, 0.4) is 0 Å². The van der Waals surface area contributed by atoms with Crippen molar-refractivity contribution in [2.24, 2.45) is 0 Å². The van der Waals surface area contributed by atoms with Gasteiger partial charge in [-0.15, -0.1) is 0 Å². The molecular weight excluding hydrogens is 421 g/mol. The fourth-order valence-corrected chi connectivity index (χ4v) is 5.71. The van der Waals surface area contributed by atoms with Crippen LogP contribution >= 0.6 is 0 Å². The molecule has 4 rings (SSSR count). The molecule has 7 nitrogen and oxygen atoms in total. The molecule has 0 aromatic heterocycles. The van der Waals surface area contributed by atoms with E-state index in [1.54, 1.807) is 35.2 Å². The summed E-state index contributed by atoms with van der Waals surface area (Å²) in [6.45, 7) is 2.41. The van der Waals surface area contributed by atoms with Crippen molar-refractivity contribution in [3.8, 4) is 5.75 Å². The van der Waals surface area contributed by atoms with Gasteiger partial charge in [0.25, 0.3) is 0 Å². The van der Waals surface area contributed by atoms with E-state index in [2.05, 4.69) is 0 Å². The maximum absolute atomic E-state index is 13.1. The summed E-state index contributed by atoms with van der Waals surface area (Å²) in [4.78, 5) is 16.7. The van der Waals surface area contributed by atoms with Crippen LogP contribution in [0.5, 0.6) is 5.75 Å². The van der Waals surface area contributed by atoms with Gasteiger partial charge in [-0.25, -0.2) is 17.6 Å². The molecule has 2 amide bonds. The van der Waals surface area contributed by atoms with Gasteiger partial charge in [-0.2, -0.15) is 4.31 Å². The van der Waals surface area contributed by atoms with Gasteiger partial charge in [-0.05, 0) is 42.7 Å². The van der Waals surface area contributed by atoms with Gasteiger partial charge < -0.3 is 14.5 Å². The quantitative estimate of drug-likeness (QED) is 0.683. The van der Waals surface area contributed by atoms with Gasteiger partial charge in [-0.3, -0.25) is 0 Å². The Morgan fingerprint density at radius 3 is 2.42 bits per heavy atom. The van der Waals surface area contributed by atoms with Crippen molar-refractivity contribution in [1.82, 2.24) is 14.1 Å². The van der Waals surface area contributed by atoms with E-state index < -0.39 is 10.0 Å². The van der Waals surface area contributed by atoms with E-state index in [1.165, 1.54) is 29.6 Å². The van der Waals surface area contributed by atoms with Crippen LogP contribution in [0, 0.1) is 5.82 Å². The lowest BCUT2D eigenvalue weighted by Crippen LogP contribution is -2.47. The van der Waals surface area contributed by atoms with Crippen molar-refractivity contribution in [3.05, 3.63) is 59.9 Å². The molecule has 2 heterocycles. The molecule has 0 atom stereocenters. The first kappa shape index (κ1) is 21.6. The lowest BCUT2D eigenvalue weighted by atomic mass is 10.1. The van der Waals surface area contributed by atoms with E-state index in [4.69, 9.17) is 4.74 Å². The Kier molecular flexibility index (Phi) is 6.15. The van der Waals surface area contributed by atoms with Crippen LogP contribution in [0.4, 0.5) is 9.18 Å². The summed E-state index contributed by atoms with van der Waals surface area (Å²) in [6, 6.07) is 12.6. The molecule has 2 aromatic carbocycles. The highest BCUT2D eigenvalue weighted by Crippen LogP contribution is 2.27. The van der Waals surface area contributed by atoms with Gasteiger partial charge in [0, 0.05) is 44.8 Å². The highest BCUT2D eigenvalue weighted by atomic mass is 32.2. The predicted octanol–water partition coefficient (Wildman–Crippen LogP) is 2.93. The largest absolute Gasteiger partial charge is 0.497 e. The van der Waals surface area contributed by atoms with Crippen LogP contribution in [0.15, 0.2) is 53.4 Å². The molecule has 9 heteroatoms. The number of carbonyl (C=O) groups is 1. The van der Waals surface area contributed by atoms with Gasteiger partial charge in [0.15, 0.2) is 0 Å². The molecule has 2 fully saturated rings. The second kappa shape index (κ2) is 8.84. The summed E-state index contributed by atoms with van der Waals surface area (Å²) < 4.78 is 45.7. The highest BCUT2D eigenvalue weighted by Gasteiger charge is 2.37. The third-order valence-electron chi connectivity index (χ3n) is 5.96. The SMILES string of the molecule is COc1cccc(S(=O)(=O)N2CCC(N3CCN(Cc4ccc(F)cc4)C3=O)CC2)c1. The number of amides is 2. The molecule has 0 N–H and O–H groups in total. The molecular formula is C22H26FN3O4S. The van der Waals surface area contributed by atoms with Gasteiger partial charge in [0.1, 0.15) is 11.6 Å². The van der Waals surface area contributed by atoms with E-state index in [0.717, 1.165) is 5.56 Å². The molecule has 2 aromatic rings. The van der Waals surface area contributed by atoms with Gasteiger partial charge in [0.05, 0.1) is 12.0 Å². The minimum Gasteiger partial charge on any atom is -0.497 e. The maximum atomic E-state index is 13.1. The zero-order chi connectivity index (χ0) is 22.0. The molecule has 0 aliphatic carbocycles. The number of hydrogen-bond donors (Lipinski definition) is 0. The smallest absolute Gasteiger partial charge is 0.320 e. The third kappa shape index (κ3) is 4.52. The van der Waals surface area contributed by atoms with E-state index in [0.29, 0.717) is 51.3 Å². The lowest BCUT2D eigenvalue weighted by molar-refractivity contribution is 0.153. The van der Waals surface area contributed by atoms with Crippen molar-refractivity contribution in [3.63, 3.8) is 0 Å². The van der Waals surface area contributed by atoms with Crippen molar-refractivity contribution >= 4 is 16.1 Å².